The fourth-order valence-electron chi connectivity index (χ4n) is 4.06. The molecule has 1 heterocycles. The number of nitrogens with one attached hydrogen (secondary N) is 1. The van der Waals surface area contributed by atoms with E-state index in [0.717, 1.165) is 41.3 Å². The molecule has 0 bridgehead atoms. The molecule has 0 aromatic heterocycles. The largest absolute Gasteiger partial charge is 0.496 e. The van der Waals surface area contributed by atoms with Crippen LogP contribution < -0.4 is 19.5 Å². The molecule has 1 aliphatic rings. The summed E-state index contributed by atoms with van der Waals surface area (Å²) in [6.45, 7) is 5.66. The van der Waals surface area contributed by atoms with Crippen molar-refractivity contribution in [2.75, 3.05) is 20.8 Å². The van der Waals surface area contributed by atoms with Gasteiger partial charge in [-0.1, -0.05) is 36.4 Å². The predicted molar refractivity (Wildman–Crippen MR) is 120 cm³/mol. The summed E-state index contributed by atoms with van der Waals surface area (Å²) < 4.78 is 17.6. The Bertz CT molecular complexity index is 1030. The first-order valence-electron chi connectivity index (χ1n) is 10.4. The van der Waals surface area contributed by atoms with Crippen molar-refractivity contribution >= 4 is 0 Å². The normalized spacial score (nSPS) is 15.4. The molecule has 1 aliphatic heterocycles. The minimum Gasteiger partial charge on any atom is -0.496 e. The zero-order chi connectivity index (χ0) is 21.1. The molecule has 4 heteroatoms. The van der Waals surface area contributed by atoms with Crippen molar-refractivity contribution in [1.29, 1.82) is 0 Å². The Morgan fingerprint density at radius 2 is 1.57 bits per heavy atom. The fraction of sp³-hybridized carbons (Fsp3) is 0.308. The average molecular weight is 404 g/mol. The van der Waals surface area contributed by atoms with Crippen molar-refractivity contribution in [2.45, 2.75) is 32.9 Å². The molecule has 0 amide bonds. The summed E-state index contributed by atoms with van der Waals surface area (Å²) >= 11 is 0. The van der Waals surface area contributed by atoms with Crippen LogP contribution in [0.5, 0.6) is 17.2 Å². The Balaban J connectivity index is 1.73. The zero-order valence-corrected chi connectivity index (χ0v) is 18.1. The van der Waals surface area contributed by atoms with Crippen LogP contribution in [-0.2, 0) is 13.0 Å². The summed E-state index contributed by atoms with van der Waals surface area (Å²) in [6, 6.07) is 18.8. The molecule has 4 nitrogen and oxygen atoms in total. The quantitative estimate of drug-likeness (QED) is 0.619. The van der Waals surface area contributed by atoms with Gasteiger partial charge in [-0.15, -0.1) is 0 Å². The second-order valence-corrected chi connectivity index (χ2v) is 7.79. The number of ether oxygens (including phenoxy) is 3. The Hall–Kier alpha value is -2.98. The minimum atomic E-state index is 0.0491. The molecule has 0 radical (unpaired) electrons. The van der Waals surface area contributed by atoms with Crippen LogP contribution in [0.15, 0.2) is 54.6 Å². The van der Waals surface area contributed by atoms with Gasteiger partial charge in [0.05, 0.1) is 20.3 Å². The van der Waals surface area contributed by atoms with Crippen LogP contribution in [0.1, 0.15) is 39.4 Å². The van der Waals surface area contributed by atoms with E-state index in [9.17, 15) is 0 Å². The van der Waals surface area contributed by atoms with Gasteiger partial charge in [0.25, 0.3) is 0 Å². The number of hydrogen-bond acceptors (Lipinski definition) is 4. The Morgan fingerprint density at radius 1 is 0.833 bits per heavy atom. The van der Waals surface area contributed by atoms with Crippen LogP contribution in [0.2, 0.25) is 0 Å². The van der Waals surface area contributed by atoms with E-state index in [4.69, 9.17) is 14.2 Å². The van der Waals surface area contributed by atoms with Gasteiger partial charge in [-0.3, -0.25) is 0 Å². The molecule has 0 spiro atoms. The molecule has 30 heavy (non-hydrogen) atoms. The van der Waals surface area contributed by atoms with Crippen molar-refractivity contribution < 1.29 is 14.2 Å². The van der Waals surface area contributed by atoms with E-state index < -0.39 is 0 Å². The van der Waals surface area contributed by atoms with Crippen molar-refractivity contribution in [3.63, 3.8) is 0 Å². The smallest absolute Gasteiger partial charge is 0.162 e. The van der Waals surface area contributed by atoms with E-state index in [0.29, 0.717) is 6.61 Å². The molecule has 1 atom stereocenters. The highest BCUT2D eigenvalue weighted by Gasteiger charge is 2.26. The van der Waals surface area contributed by atoms with Crippen LogP contribution in [-0.4, -0.2) is 20.8 Å². The molecular formula is C26H29NO3. The third kappa shape index (κ3) is 4.01. The van der Waals surface area contributed by atoms with Crippen molar-refractivity contribution in [3.05, 3.63) is 88.0 Å². The maximum absolute atomic E-state index is 6.18. The van der Waals surface area contributed by atoms with Crippen LogP contribution in [0.25, 0.3) is 0 Å². The molecule has 0 fully saturated rings. The second kappa shape index (κ2) is 8.80. The Morgan fingerprint density at radius 3 is 2.30 bits per heavy atom. The number of rotatable bonds is 6. The van der Waals surface area contributed by atoms with E-state index in [1.54, 1.807) is 14.2 Å². The molecular weight excluding hydrogens is 374 g/mol. The van der Waals surface area contributed by atoms with Gasteiger partial charge in [-0.05, 0) is 66.3 Å². The van der Waals surface area contributed by atoms with E-state index in [-0.39, 0.29) is 6.04 Å². The first-order chi connectivity index (χ1) is 14.6. The highest BCUT2D eigenvalue weighted by molar-refractivity contribution is 5.54. The third-order valence-corrected chi connectivity index (χ3v) is 5.87. The lowest BCUT2D eigenvalue weighted by atomic mass is 9.87. The van der Waals surface area contributed by atoms with Crippen LogP contribution >= 0.6 is 0 Å². The number of hydrogen-bond donors (Lipinski definition) is 1. The molecule has 0 saturated heterocycles. The number of aryl methyl sites for hydroxylation is 2. The van der Waals surface area contributed by atoms with Gasteiger partial charge in [0.1, 0.15) is 12.4 Å². The van der Waals surface area contributed by atoms with Gasteiger partial charge in [0.15, 0.2) is 11.5 Å². The fourth-order valence-corrected chi connectivity index (χ4v) is 4.06. The van der Waals surface area contributed by atoms with Crippen molar-refractivity contribution in [3.8, 4) is 17.2 Å². The molecule has 0 aliphatic carbocycles. The summed E-state index contributed by atoms with van der Waals surface area (Å²) in [6.07, 6.45) is 0.953. The maximum Gasteiger partial charge on any atom is 0.162 e. The van der Waals surface area contributed by atoms with Gasteiger partial charge < -0.3 is 19.5 Å². The summed E-state index contributed by atoms with van der Waals surface area (Å²) in [5.41, 5.74) is 7.26. The number of benzene rings is 3. The second-order valence-electron chi connectivity index (χ2n) is 7.79. The van der Waals surface area contributed by atoms with E-state index >= 15 is 0 Å². The molecule has 0 saturated carbocycles. The van der Waals surface area contributed by atoms with Crippen LogP contribution in [0, 0.1) is 13.8 Å². The van der Waals surface area contributed by atoms with Crippen molar-refractivity contribution in [2.24, 2.45) is 0 Å². The first-order valence-corrected chi connectivity index (χ1v) is 10.4. The highest BCUT2D eigenvalue weighted by atomic mass is 16.5. The topological polar surface area (TPSA) is 39.7 Å². The summed E-state index contributed by atoms with van der Waals surface area (Å²) in [5.74, 6) is 2.44. The minimum absolute atomic E-state index is 0.0491. The predicted octanol–water partition coefficient (Wildman–Crippen LogP) is 5.13. The molecule has 4 rings (SSSR count). The zero-order valence-electron chi connectivity index (χ0n) is 18.1. The average Bonchev–Trinajstić information content (AvgIpc) is 2.78. The summed E-state index contributed by atoms with van der Waals surface area (Å²) in [4.78, 5) is 0. The van der Waals surface area contributed by atoms with E-state index in [1.165, 1.54) is 22.3 Å². The lowest BCUT2D eigenvalue weighted by Gasteiger charge is -2.30. The molecule has 156 valence electrons. The Kier molecular flexibility index (Phi) is 5.96. The molecule has 1 unspecified atom stereocenters. The van der Waals surface area contributed by atoms with Gasteiger partial charge in [0.2, 0.25) is 0 Å². The number of methoxy groups -OCH3 is 2. The third-order valence-electron chi connectivity index (χ3n) is 5.87. The van der Waals surface area contributed by atoms with E-state index in [1.807, 2.05) is 18.2 Å². The molecule has 1 N–H and O–H groups in total. The number of fused-ring (bicyclic) bond motifs is 1. The van der Waals surface area contributed by atoms with Gasteiger partial charge in [0, 0.05) is 12.1 Å². The highest BCUT2D eigenvalue weighted by Crippen LogP contribution is 2.40. The summed E-state index contributed by atoms with van der Waals surface area (Å²) in [7, 11) is 3.43. The van der Waals surface area contributed by atoms with Gasteiger partial charge >= 0.3 is 0 Å². The van der Waals surface area contributed by atoms with Crippen LogP contribution in [0.3, 0.4) is 0 Å². The molecule has 3 aromatic rings. The standard InChI is InChI=1S/C26H29NO3/c1-17-12-22(23(28-3)13-18(17)2)26-21-15-25(30-16-19-8-6-5-7-9-19)24(29-4)14-20(21)10-11-27-26/h5-9,12-15,26-27H,10-11,16H2,1-4H3. The lowest BCUT2D eigenvalue weighted by Crippen LogP contribution is -2.31. The first kappa shape index (κ1) is 20.3. The van der Waals surface area contributed by atoms with Crippen molar-refractivity contribution in [1.82, 2.24) is 5.32 Å². The SMILES string of the molecule is COc1cc2c(cc1OCc1ccccc1)C(c1cc(C)c(C)cc1OC)NCC2. The maximum atomic E-state index is 6.18. The van der Waals surface area contributed by atoms with Gasteiger partial charge in [-0.25, -0.2) is 0 Å². The monoisotopic (exact) mass is 403 g/mol. The lowest BCUT2D eigenvalue weighted by molar-refractivity contribution is 0.283. The molecule has 3 aromatic carbocycles. The summed E-state index contributed by atoms with van der Waals surface area (Å²) in [5, 5.41) is 3.68. The Labute approximate surface area is 178 Å². The van der Waals surface area contributed by atoms with E-state index in [2.05, 4.69) is 55.6 Å². The van der Waals surface area contributed by atoms with Crippen LogP contribution in [0.4, 0.5) is 0 Å². The van der Waals surface area contributed by atoms with Gasteiger partial charge in [-0.2, -0.15) is 0 Å².